The Morgan fingerprint density at radius 2 is 0.900 bits per heavy atom. The molecule has 0 spiro atoms. The number of benzene rings is 6. The predicted molar refractivity (Wildman–Crippen MR) is 210 cm³/mol. The van der Waals surface area contributed by atoms with Crippen molar-refractivity contribution in [3.8, 4) is 28.5 Å². The largest absolute Gasteiger partial charge is 0.308 e. The highest BCUT2D eigenvalue weighted by molar-refractivity contribution is 7.27. The average Bonchev–Trinajstić information content (AvgIpc) is 3.76. The van der Waals surface area contributed by atoms with Crippen molar-refractivity contribution in [1.29, 1.82) is 0 Å². The number of nitrogens with zero attached hydrogens (tertiary/aromatic N) is 4. The fraction of sp³-hybridized carbons (Fsp3) is 0. The molecule has 5 heteroatoms. The monoisotopic (exact) mass is 654 g/mol. The summed E-state index contributed by atoms with van der Waals surface area (Å²) in [4.78, 5) is 14.7. The van der Waals surface area contributed by atoms with E-state index in [-0.39, 0.29) is 0 Å². The lowest BCUT2D eigenvalue weighted by molar-refractivity contribution is 1.15. The molecule has 6 aromatic carbocycles. The van der Waals surface area contributed by atoms with E-state index in [9.17, 15) is 0 Å². The smallest absolute Gasteiger partial charge is 0.0915 e. The molecule has 4 nitrogen and oxygen atoms in total. The van der Waals surface area contributed by atoms with Gasteiger partial charge >= 0.3 is 0 Å². The molecule has 11 rings (SSSR count). The standard InChI is InChI=1S/C45H26N4S/c1-3-15-30-28(13-1)29-14-2-5-17-32(29)43-40(30)41-31-16-4-6-18-33(31)45-42(34-19-7-8-22-39(34)50-45)44(41)49(43)27-25-37(35-20-9-11-23-46-35)48-38(26-27)36-21-10-12-24-47-36/h1-26H. The zero-order chi connectivity index (χ0) is 32.8. The molecule has 0 saturated heterocycles. The molecule has 0 N–H and O–H groups in total. The van der Waals surface area contributed by atoms with Crippen LogP contribution in [0.15, 0.2) is 158 Å². The molecule has 0 aliphatic carbocycles. The predicted octanol–water partition coefficient (Wildman–Crippen LogP) is 12.1. The summed E-state index contributed by atoms with van der Waals surface area (Å²) >= 11 is 1.88. The summed E-state index contributed by atoms with van der Waals surface area (Å²) in [5, 5.41) is 12.6. The van der Waals surface area contributed by atoms with Crippen LogP contribution in [-0.4, -0.2) is 19.5 Å². The van der Waals surface area contributed by atoms with Crippen LogP contribution in [0.25, 0.3) is 103 Å². The Kier molecular flexibility index (Phi) is 5.80. The molecule has 5 aromatic heterocycles. The van der Waals surface area contributed by atoms with E-state index in [2.05, 4.69) is 114 Å². The van der Waals surface area contributed by atoms with Crippen molar-refractivity contribution in [2.45, 2.75) is 0 Å². The van der Waals surface area contributed by atoms with E-state index in [1.807, 2.05) is 60.1 Å². The number of hydrogen-bond donors (Lipinski definition) is 0. The van der Waals surface area contributed by atoms with Gasteiger partial charge in [0.05, 0.1) is 39.5 Å². The van der Waals surface area contributed by atoms with E-state index >= 15 is 0 Å². The van der Waals surface area contributed by atoms with Gasteiger partial charge in [0, 0.05) is 54.1 Å². The molecule has 0 unspecified atom stereocenters. The topological polar surface area (TPSA) is 43.6 Å². The van der Waals surface area contributed by atoms with Crippen molar-refractivity contribution in [2.24, 2.45) is 0 Å². The molecule has 0 amide bonds. The van der Waals surface area contributed by atoms with Crippen molar-refractivity contribution in [2.75, 3.05) is 0 Å². The number of thiophene rings is 1. The minimum Gasteiger partial charge on any atom is -0.308 e. The Bertz CT molecular complexity index is 3080. The summed E-state index contributed by atoms with van der Waals surface area (Å²) in [5.41, 5.74) is 6.66. The van der Waals surface area contributed by atoms with E-state index in [1.165, 1.54) is 74.3 Å². The van der Waals surface area contributed by atoms with Crippen molar-refractivity contribution in [1.82, 2.24) is 19.5 Å². The molecule has 5 heterocycles. The van der Waals surface area contributed by atoms with Gasteiger partial charge in [-0.1, -0.05) is 103 Å². The molecule has 0 fully saturated rings. The second kappa shape index (κ2) is 10.5. The second-order valence-corrected chi connectivity index (χ2v) is 13.8. The van der Waals surface area contributed by atoms with Crippen molar-refractivity contribution >= 4 is 85.6 Å². The molecular formula is C45H26N4S. The van der Waals surface area contributed by atoms with Crippen LogP contribution in [0.5, 0.6) is 0 Å². The highest BCUT2D eigenvalue weighted by atomic mass is 32.1. The first-order valence-corrected chi connectivity index (χ1v) is 17.6. The van der Waals surface area contributed by atoms with Gasteiger partial charge in [0.1, 0.15) is 0 Å². The van der Waals surface area contributed by atoms with E-state index in [1.54, 1.807) is 0 Å². The summed E-state index contributed by atoms with van der Waals surface area (Å²) < 4.78 is 5.11. The van der Waals surface area contributed by atoms with Gasteiger partial charge in [0.25, 0.3) is 0 Å². The highest BCUT2D eigenvalue weighted by Crippen LogP contribution is 2.51. The summed E-state index contributed by atoms with van der Waals surface area (Å²) in [5.74, 6) is 0. The third-order valence-electron chi connectivity index (χ3n) is 10.0. The quantitative estimate of drug-likeness (QED) is 0.178. The lowest BCUT2D eigenvalue weighted by atomic mass is 9.94. The Hall–Kier alpha value is -6.43. The molecule has 0 radical (unpaired) electrons. The first kappa shape index (κ1) is 27.5. The Labute approximate surface area is 290 Å². The summed E-state index contributed by atoms with van der Waals surface area (Å²) in [6.45, 7) is 0. The molecule has 0 atom stereocenters. The molecule has 0 bridgehead atoms. The van der Waals surface area contributed by atoms with E-state index in [4.69, 9.17) is 15.0 Å². The van der Waals surface area contributed by atoms with Crippen molar-refractivity contribution in [3.05, 3.63) is 158 Å². The minimum atomic E-state index is 0.802. The molecule has 0 aliphatic heterocycles. The molecule has 0 aliphatic rings. The highest BCUT2D eigenvalue weighted by Gasteiger charge is 2.25. The molecule has 50 heavy (non-hydrogen) atoms. The number of aromatic nitrogens is 4. The van der Waals surface area contributed by atoms with Crippen LogP contribution < -0.4 is 0 Å². The van der Waals surface area contributed by atoms with Crippen LogP contribution in [-0.2, 0) is 0 Å². The summed E-state index contributed by atoms with van der Waals surface area (Å²) in [6, 6.07) is 51.9. The zero-order valence-electron chi connectivity index (χ0n) is 26.7. The van der Waals surface area contributed by atoms with Crippen molar-refractivity contribution < 1.29 is 0 Å². The normalized spacial score (nSPS) is 12.0. The molecular weight excluding hydrogens is 629 g/mol. The van der Waals surface area contributed by atoms with E-state index < -0.39 is 0 Å². The summed E-state index contributed by atoms with van der Waals surface area (Å²) in [7, 11) is 0. The summed E-state index contributed by atoms with van der Waals surface area (Å²) in [6.07, 6.45) is 3.66. The Morgan fingerprint density at radius 3 is 1.54 bits per heavy atom. The van der Waals surface area contributed by atoms with Gasteiger partial charge in [0.15, 0.2) is 0 Å². The maximum absolute atomic E-state index is 5.17. The maximum atomic E-state index is 5.17. The van der Waals surface area contributed by atoms with Crippen LogP contribution in [0, 0.1) is 0 Å². The van der Waals surface area contributed by atoms with Gasteiger partial charge in [-0.3, -0.25) is 9.97 Å². The van der Waals surface area contributed by atoms with Crippen LogP contribution in [0.2, 0.25) is 0 Å². The van der Waals surface area contributed by atoms with Gasteiger partial charge in [-0.05, 0) is 64.0 Å². The number of rotatable bonds is 3. The lowest BCUT2D eigenvalue weighted by Gasteiger charge is -2.15. The van der Waals surface area contributed by atoms with Gasteiger partial charge in [-0.2, -0.15) is 0 Å². The molecule has 0 saturated carbocycles. The third-order valence-corrected chi connectivity index (χ3v) is 11.2. The van der Waals surface area contributed by atoms with Gasteiger partial charge in [-0.15, -0.1) is 11.3 Å². The number of fused-ring (bicyclic) bond motifs is 15. The maximum Gasteiger partial charge on any atom is 0.0915 e. The lowest BCUT2D eigenvalue weighted by Crippen LogP contribution is -2.00. The second-order valence-electron chi connectivity index (χ2n) is 12.7. The Balaban J connectivity index is 1.46. The fourth-order valence-corrected chi connectivity index (χ4v) is 9.26. The minimum absolute atomic E-state index is 0.802. The SMILES string of the molecule is c1ccc(-c2cc(-n3c4c5ccccc5c5ccccc5c4c4c5ccccc5c5sc6ccccc6c5c43)cc(-c3ccccn3)n2)nc1. The van der Waals surface area contributed by atoms with Gasteiger partial charge < -0.3 is 4.57 Å². The number of pyridine rings is 3. The molecule has 11 aromatic rings. The fourth-order valence-electron chi connectivity index (χ4n) is 8.01. The first-order chi connectivity index (χ1) is 24.8. The van der Waals surface area contributed by atoms with Crippen LogP contribution >= 0.6 is 11.3 Å². The number of hydrogen-bond acceptors (Lipinski definition) is 4. The van der Waals surface area contributed by atoms with Crippen LogP contribution in [0.4, 0.5) is 0 Å². The Morgan fingerprint density at radius 1 is 0.400 bits per heavy atom. The first-order valence-electron chi connectivity index (χ1n) is 16.8. The zero-order valence-corrected chi connectivity index (χ0v) is 27.5. The van der Waals surface area contributed by atoms with Gasteiger partial charge in [-0.25, -0.2) is 4.98 Å². The van der Waals surface area contributed by atoms with E-state index in [0.717, 1.165) is 28.5 Å². The van der Waals surface area contributed by atoms with Crippen molar-refractivity contribution in [3.63, 3.8) is 0 Å². The van der Waals surface area contributed by atoms with E-state index in [0.29, 0.717) is 0 Å². The average molecular weight is 655 g/mol. The van der Waals surface area contributed by atoms with Crippen LogP contribution in [0.3, 0.4) is 0 Å². The van der Waals surface area contributed by atoms with Crippen LogP contribution in [0.1, 0.15) is 0 Å². The molecule has 232 valence electrons. The van der Waals surface area contributed by atoms with Gasteiger partial charge in [0.2, 0.25) is 0 Å². The third kappa shape index (κ3) is 3.84.